The monoisotopic (exact) mass is 610 g/mol. The van der Waals surface area contributed by atoms with Crippen LogP contribution >= 0.6 is 0 Å². The van der Waals surface area contributed by atoms with Crippen molar-refractivity contribution in [1.82, 2.24) is 10.6 Å². The summed E-state index contributed by atoms with van der Waals surface area (Å²) in [6.07, 6.45) is -18.2. The Kier molecular flexibility index (Phi) is 9.99. The van der Waals surface area contributed by atoms with Crippen molar-refractivity contribution in [2.45, 2.75) is 42.8 Å². The van der Waals surface area contributed by atoms with Crippen LogP contribution in [0.15, 0.2) is 72.8 Å². The minimum Gasteiger partial charge on any atom is -0.428 e. The highest BCUT2D eigenvalue weighted by molar-refractivity contribution is 5.76. The van der Waals surface area contributed by atoms with Crippen LogP contribution in [0.1, 0.15) is 16.7 Å². The summed E-state index contributed by atoms with van der Waals surface area (Å²) in [5.41, 5.74) is -2.23. The van der Waals surface area contributed by atoms with Crippen LogP contribution in [0.25, 0.3) is 0 Å². The third-order valence-electron chi connectivity index (χ3n) is 6.08. The second-order valence-electron chi connectivity index (χ2n) is 9.09. The average molecular weight is 610 g/mol. The van der Waals surface area contributed by atoms with Crippen molar-refractivity contribution >= 4 is 6.03 Å². The van der Waals surface area contributed by atoms with Gasteiger partial charge in [-0.05, 0) is 41.0 Å². The van der Waals surface area contributed by atoms with Crippen LogP contribution in [0.5, 0.6) is 5.75 Å². The Hall–Kier alpha value is -3.98. The quantitative estimate of drug-likeness (QED) is 0.223. The first-order chi connectivity index (χ1) is 19.6. The van der Waals surface area contributed by atoms with Gasteiger partial charge in [-0.1, -0.05) is 42.5 Å². The molecule has 42 heavy (non-hydrogen) atoms. The molecule has 3 aromatic carbocycles. The molecule has 0 heterocycles. The van der Waals surface area contributed by atoms with E-state index in [-0.39, 0.29) is 12.0 Å². The molecule has 3 aromatic rings. The van der Waals surface area contributed by atoms with E-state index in [4.69, 9.17) is 0 Å². The summed E-state index contributed by atoms with van der Waals surface area (Å²) < 4.78 is 125. The maximum Gasteiger partial charge on any atom is 0.461 e. The lowest BCUT2D eigenvalue weighted by Crippen LogP contribution is -2.58. The van der Waals surface area contributed by atoms with Gasteiger partial charge in [0.05, 0.1) is 18.2 Å². The van der Waals surface area contributed by atoms with Crippen molar-refractivity contribution < 1.29 is 59.3 Å². The first kappa shape index (κ1) is 32.5. The largest absolute Gasteiger partial charge is 0.461 e. The second kappa shape index (κ2) is 12.9. The molecule has 0 radical (unpaired) electrons. The Morgan fingerprint density at radius 2 is 1.48 bits per heavy atom. The van der Waals surface area contributed by atoms with Crippen molar-refractivity contribution in [2.24, 2.45) is 0 Å². The maximum atomic E-state index is 14.8. The zero-order valence-electron chi connectivity index (χ0n) is 21.2. The Labute approximate surface area is 232 Å². The number of carbonyl (C=O) groups excluding carboxylic acids is 1. The van der Waals surface area contributed by atoms with Crippen molar-refractivity contribution in [3.8, 4) is 5.75 Å². The van der Waals surface area contributed by atoms with Gasteiger partial charge in [0.1, 0.15) is 17.4 Å². The Balaban J connectivity index is 2.21. The summed E-state index contributed by atoms with van der Waals surface area (Å²) in [5, 5.41) is 23.0. The van der Waals surface area contributed by atoms with Crippen LogP contribution in [0, 0.1) is 11.6 Å². The predicted octanol–water partition coefficient (Wildman–Crippen LogP) is 5.27. The summed E-state index contributed by atoms with van der Waals surface area (Å²) in [6.45, 7) is -1.38. The smallest absolute Gasteiger partial charge is 0.428 e. The fourth-order valence-corrected chi connectivity index (χ4v) is 4.12. The predicted molar refractivity (Wildman–Crippen MR) is 130 cm³/mol. The number of amides is 2. The summed E-state index contributed by atoms with van der Waals surface area (Å²) >= 11 is 0. The molecule has 3 atom stereocenters. The van der Waals surface area contributed by atoms with E-state index in [1.807, 2.05) is 0 Å². The highest BCUT2D eigenvalue weighted by Gasteiger charge is 2.46. The topological polar surface area (TPSA) is 90.8 Å². The van der Waals surface area contributed by atoms with Crippen LogP contribution in [0.4, 0.5) is 44.3 Å². The highest BCUT2D eigenvalue weighted by atomic mass is 19.4. The molecule has 0 saturated carbocycles. The number of alkyl halides is 7. The van der Waals surface area contributed by atoms with Gasteiger partial charge in [0.2, 0.25) is 0 Å². The normalized spacial score (nSPS) is 15.0. The zero-order valence-corrected chi connectivity index (χ0v) is 21.2. The third kappa shape index (κ3) is 7.85. The number of aliphatic hydroxyl groups excluding tert-OH is 2. The number of carbonyl (C=O) groups is 1. The van der Waals surface area contributed by atoms with Crippen LogP contribution < -0.4 is 15.4 Å². The average Bonchev–Trinajstić information content (AvgIpc) is 2.90. The van der Waals surface area contributed by atoms with E-state index in [2.05, 4.69) is 10.1 Å². The van der Waals surface area contributed by atoms with Gasteiger partial charge in [0, 0.05) is 12.5 Å². The van der Waals surface area contributed by atoms with Crippen molar-refractivity contribution in [3.63, 3.8) is 0 Å². The Morgan fingerprint density at radius 3 is 2.02 bits per heavy atom. The molecule has 3 rings (SSSR count). The molecule has 0 aromatic heterocycles. The van der Waals surface area contributed by atoms with E-state index in [1.54, 1.807) is 23.5 Å². The van der Waals surface area contributed by atoms with E-state index in [9.17, 15) is 54.5 Å². The molecular weight excluding hydrogens is 587 g/mol. The number of hydrogen-bond donors (Lipinski definition) is 4. The lowest BCUT2D eigenvalue weighted by Gasteiger charge is -2.37. The Bertz CT molecular complexity index is 1340. The van der Waals surface area contributed by atoms with Crippen LogP contribution in [0.2, 0.25) is 0 Å². The SMILES string of the molecule is O=C(NC(CO)C(O)C(F)(F)F)NC(Cc1ccccc1)(c1ccc(F)cc1)c1cc(F)cc(OC(F)(F)C(F)F)c1. The maximum absolute atomic E-state index is 14.8. The fraction of sp³-hybridized carbons (Fsp3) is 0.296. The number of urea groups is 1. The standard InChI is InChI=1S/C27H23F9N2O4/c28-18-8-6-16(7-9-18)25(13-15-4-2-1-3-5-15,38-24(41)37-21(14-39)22(40)26(32,33)34)17-10-19(29)12-20(11-17)42-27(35,36)23(30)31/h1-12,21-23,39-40H,13-14H2,(H2,37,38,41). The molecule has 0 bridgehead atoms. The van der Waals surface area contributed by atoms with Crippen LogP contribution in [-0.4, -0.2) is 53.7 Å². The minimum atomic E-state index is -5.26. The molecule has 0 saturated heterocycles. The molecular formula is C27H23F9N2O4. The molecule has 15 heteroatoms. The first-order valence-corrected chi connectivity index (χ1v) is 12.0. The molecule has 0 aliphatic heterocycles. The number of hydrogen-bond acceptors (Lipinski definition) is 4. The summed E-state index contributed by atoms with van der Waals surface area (Å²) in [5.74, 6) is -3.17. The van der Waals surface area contributed by atoms with E-state index in [1.165, 1.54) is 12.1 Å². The van der Waals surface area contributed by atoms with E-state index < -0.39 is 72.0 Å². The molecule has 0 fully saturated rings. The first-order valence-electron chi connectivity index (χ1n) is 12.0. The van der Waals surface area contributed by atoms with Crippen molar-refractivity contribution in [2.75, 3.05) is 6.61 Å². The zero-order chi connectivity index (χ0) is 31.3. The summed E-state index contributed by atoms with van der Waals surface area (Å²) in [4.78, 5) is 13.1. The molecule has 0 aliphatic carbocycles. The van der Waals surface area contributed by atoms with Gasteiger partial charge in [0.25, 0.3) is 0 Å². The van der Waals surface area contributed by atoms with Crippen LogP contribution in [-0.2, 0) is 12.0 Å². The van der Waals surface area contributed by atoms with E-state index in [0.717, 1.165) is 24.3 Å². The van der Waals surface area contributed by atoms with Gasteiger partial charge < -0.3 is 25.6 Å². The lowest BCUT2D eigenvalue weighted by atomic mass is 9.77. The van der Waals surface area contributed by atoms with Crippen molar-refractivity contribution in [3.05, 3.63) is 101 Å². The number of nitrogens with one attached hydrogen (secondary N) is 2. The summed E-state index contributed by atoms with van der Waals surface area (Å²) in [6, 6.07) is 9.80. The summed E-state index contributed by atoms with van der Waals surface area (Å²) in [7, 11) is 0. The van der Waals surface area contributed by atoms with Gasteiger partial charge in [-0.15, -0.1) is 0 Å². The molecule has 0 aliphatic rings. The number of rotatable bonds is 11. The third-order valence-corrected chi connectivity index (χ3v) is 6.08. The molecule has 228 valence electrons. The number of ether oxygens (including phenoxy) is 1. The fourth-order valence-electron chi connectivity index (χ4n) is 4.12. The minimum absolute atomic E-state index is 0.0583. The molecule has 3 unspecified atom stereocenters. The van der Waals surface area contributed by atoms with E-state index >= 15 is 0 Å². The van der Waals surface area contributed by atoms with E-state index in [0.29, 0.717) is 23.8 Å². The molecule has 4 N–H and O–H groups in total. The van der Waals surface area contributed by atoms with Gasteiger partial charge >= 0.3 is 24.7 Å². The van der Waals surface area contributed by atoms with Gasteiger partial charge in [-0.25, -0.2) is 13.6 Å². The number of halogens is 9. The molecule has 0 spiro atoms. The van der Waals surface area contributed by atoms with Gasteiger partial charge in [-0.3, -0.25) is 0 Å². The second-order valence-corrected chi connectivity index (χ2v) is 9.09. The van der Waals surface area contributed by atoms with Crippen LogP contribution in [0.3, 0.4) is 0 Å². The number of aliphatic hydroxyl groups is 2. The lowest BCUT2D eigenvalue weighted by molar-refractivity contribution is -0.253. The molecule has 6 nitrogen and oxygen atoms in total. The van der Waals surface area contributed by atoms with Gasteiger partial charge in [0.15, 0.2) is 6.10 Å². The Morgan fingerprint density at radius 1 is 0.857 bits per heavy atom. The number of benzene rings is 3. The molecule has 2 amide bonds. The van der Waals surface area contributed by atoms with Gasteiger partial charge in [-0.2, -0.15) is 30.7 Å². The highest BCUT2D eigenvalue weighted by Crippen LogP contribution is 2.38. The van der Waals surface area contributed by atoms with Crippen molar-refractivity contribution in [1.29, 1.82) is 0 Å².